The molecule has 2 N–H and O–H groups in total. The molecular formula is C22H27N5O7. The average Bonchev–Trinajstić information content (AvgIpc) is 3.43. The van der Waals surface area contributed by atoms with Crippen molar-refractivity contribution in [3.8, 4) is 0 Å². The summed E-state index contributed by atoms with van der Waals surface area (Å²) in [6.07, 6.45) is 4.43. The lowest BCUT2D eigenvalue weighted by Gasteiger charge is -2.33. The van der Waals surface area contributed by atoms with Crippen LogP contribution in [0.15, 0.2) is 18.2 Å². The number of benzene rings is 1. The van der Waals surface area contributed by atoms with Gasteiger partial charge in [0.25, 0.3) is 17.5 Å². The molecule has 0 bridgehead atoms. The molecule has 4 amide bonds. The number of ether oxygens (including phenoxy) is 1. The van der Waals surface area contributed by atoms with Gasteiger partial charge in [-0.1, -0.05) is 6.92 Å². The number of hydrogen-bond acceptors (Lipinski definition) is 8. The Morgan fingerprint density at radius 3 is 2.56 bits per heavy atom. The van der Waals surface area contributed by atoms with Crippen LogP contribution in [0.5, 0.6) is 0 Å². The van der Waals surface area contributed by atoms with Gasteiger partial charge >= 0.3 is 12.0 Å². The van der Waals surface area contributed by atoms with Gasteiger partial charge in [-0.15, -0.1) is 0 Å². The van der Waals surface area contributed by atoms with Crippen molar-refractivity contribution in [3.63, 3.8) is 0 Å². The fourth-order valence-corrected chi connectivity index (χ4v) is 4.71. The van der Waals surface area contributed by atoms with Gasteiger partial charge in [0.1, 0.15) is 11.2 Å². The van der Waals surface area contributed by atoms with Crippen molar-refractivity contribution in [1.82, 2.24) is 15.8 Å². The maximum atomic E-state index is 12.8. The predicted molar refractivity (Wildman–Crippen MR) is 119 cm³/mol. The number of amides is 4. The van der Waals surface area contributed by atoms with Crippen molar-refractivity contribution in [2.45, 2.75) is 51.0 Å². The number of nitrogens with one attached hydrogen (secondary N) is 2. The van der Waals surface area contributed by atoms with Crippen LogP contribution >= 0.6 is 0 Å². The fraction of sp³-hybridized carbons (Fsp3) is 0.545. The summed E-state index contributed by atoms with van der Waals surface area (Å²) in [4.78, 5) is 62.6. The van der Waals surface area contributed by atoms with Crippen LogP contribution in [0.2, 0.25) is 0 Å². The van der Waals surface area contributed by atoms with E-state index in [1.165, 1.54) is 12.1 Å². The quantitative estimate of drug-likeness (QED) is 0.275. The Morgan fingerprint density at radius 1 is 1.24 bits per heavy atom. The topological polar surface area (TPSA) is 151 Å². The summed E-state index contributed by atoms with van der Waals surface area (Å²) in [6, 6.07) is 3.30. The number of imide groups is 1. The van der Waals surface area contributed by atoms with Crippen LogP contribution in [0.1, 0.15) is 55.8 Å². The second kappa shape index (κ2) is 9.27. The van der Waals surface area contributed by atoms with Crippen molar-refractivity contribution < 1.29 is 28.8 Å². The zero-order chi connectivity index (χ0) is 24.5. The van der Waals surface area contributed by atoms with E-state index in [1.807, 2.05) is 4.90 Å². The highest BCUT2D eigenvalue weighted by atomic mass is 16.6. The zero-order valence-electron chi connectivity index (χ0n) is 18.9. The van der Waals surface area contributed by atoms with Crippen LogP contribution in [-0.2, 0) is 14.3 Å². The minimum absolute atomic E-state index is 0.0762. The first-order valence-corrected chi connectivity index (χ1v) is 11.4. The van der Waals surface area contributed by atoms with Crippen LogP contribution < -0.4 is 15.6 Å². The van der Waals surface area contributed by atoms with Crippen LogP contribution in [0.3, 0.4) is 0 Å². The van der Waals surface area contributed by atoms with E-state index in [0.29, 0.717) is 42.5 Å². The molecule has 3 aliphatic rings. The summed E-state index contributed by atoms with van der Waals surface area (Å²) in [5, 5.41) is 14.8. The molecule has 2 aliphatic heterocycles. The number of hydrogen-bond donors (Lipinski definition) is 2. The normalized spacial score (nSPS) is 24.3. The molecule has 182 valence electrons. The van der Waals surface area contributed by atoms with E-state index in [2.05, 4.69) is 17.7 Å². The van der Waals surface area contributed by atoms with E-state index >= 15 is 0 Å². The van der Waals surface area contributed by atoms with E-state index < -0.39 is 40.9 Å². The average molecular weight is 473 g/mol. The lowest BCUT2D eigenvalue weighted by Crippen LogP contribution is -2.52. The van der Waals surface area contributed by atoms with Gasteiger partial charge in [0.2, 0.25) is 0 Å². The maximum Gasteiger partial charge on any atom is 0.344 e. The molecule has 2 heterocycles. The van der Waals surface area contributed by atoms with Gasteiger partial charge in [-0.3, -0.25) is 25.1 Å². The Bertz CT molecular complexity index is 1030. The number of urea groups is 1. The van der Waals surface area contributed by atoms with Crippen molar-refractivity contribution in [1.29, 1.82) is 0 Å². The Morgan fingerprint density at radius 2 is 1.91 bits per heavy atom. The number of carbonyl (C=O) groups excluding carboxylic acids is 4. The molecular weight excluding hydrogens is 446 g/mol. The largest absolute Gasteiger partial charge is 0.452 e. The Hall–Kier alpha value is -3.70. The number of carbonyl (C=O) groups is 4. The van der Waals surface area contributed by atoms with Crippen molar-refractivity contribution in [2.24, 2.45) is 5.92 Å². The minimum atomic E-state index is -1.01. The van der Waals surface area contributed by atoms with Gasteiger partial charge < -0.3 is 15.0 Å². The molecule has 0 aromatic heterocycles. The summed E-state index contributed by atoms with van der Waals surface area (Å²) in [6.45, 7) is 2.72. The number of nitro benzene ring substituents is 1. The summed E-state index contributed by atoms with van der Waals surface area (Å²) in [7, 11) is 0. The van der Waals surface area contributed by atoms with Crippen LogP contribution in [0.25, 0.3) is 0 Å². The van der Waals surface area contributed by atoms with Crippen molar-refractivity contribution >= 4 is 35.2 Å². The summed E-state index contributed by atoms with van der Waals surface area (Å²) in [5.74, 6) is -1.88. The smallest absolute Gasteiger partial charge is 0.344 e. The van der Waals surface area contributed by atoms with Crippen LogP contribution in [-0.4, -0.2) is 59.0 Å². The summed E-state index contributed by atoms with van der Waals surface area (Å²) < 4.78 is 4.96. The first-order valence-electron chi connectivity index (χ1n) is 11.4. The zero-order valence-corrected chi connectivity index (χ0v) is 18.9. The second-order valence-corrected chi connectivity index (χ2v) is 9.10. The third kappa shape index (κ3) is 4.52. The number of esters is 1. The molecule has 4 rings (SSSR count). The lowest BCUT2D eigenvalue weighted by molar-refractivity contribution is -0.384. The highest BCUT2D eigenvalue weighted by Gasteiger charge is 2.52. The molecule has 1 aliphatic carbocycles. The minimum Gasteiger partial charge on any atom is -0.452 e. The Kier molecular flexibility index (Phi) is 6.40. The standard InChI is InChI=1S/C22H27N5O7/c1-14-6-8-22(9-7-14)20(30)26(21(31)23-22)24-18(28)13-34-19(29)15-4-5-16(17(12-15)27(32)33)25-10-2-3-11-25/h4-5,12,14H,2-3,6-11,13H2,1H3,(H,23,31)(H,24,28). The van der Waals surface area contributed by atoms with Crippen LogP contribution in [0, 0.1) is 16.0 Å². The molecule has 1 spiro atoms. The molecule has 34 heavy (non-hydrogen) atoms. The van der Waals surface area contributed by atoms with Gasteiger partial charge in [-0.25, -0.2) is 9.59 Å². The third-order valence-electron chi connectivity index (χ3n) is 6.72. The van der Waals surface area contributed by atoms with Crippen molar-refractivity contribution in [3.05, 3.63) is 33.9 Å². The number of nitro groups is 1. The Balaban J connectivity index is 1.35. The van der Waals surface area contributed by atoms with Gasteiger partial charge in [0, 0.05) is 19.2 Å². The first-order chi connectivity index (χ1) is 16.2. The maximum absolute atomic E-state index is 12.8. The molecule has 0 unspecified atom stereocenters. The van der Waals surface area contributed by atoms with Crippen molar-refractivity contribution in [2.75, 3.05) is 24.6 Å². The van der Waals surface area contributed by atoms with Gasteiger partial charge in [-0.2, -0.15) is 5.01 Å². The molecule has 1 aromatic carbocycles. The molecule has 12 heteroatoms. The Labute approximate surface area is 195 Å². The van der Waals surface area contributed by atoms with E-state index in [9.17, 15) is 29.3 Å². The number of rotatable bonds is 6. The van der Waals surface area contributed by atoms with E-state index in [4.69, 9.17) is 4.74 Å². The molecule has 2 saturated heterocycles. The third-order valence-corrected chi connectivity index (χ3v) is 6.72. The van der Waals surface area contributed by atoms with Gasteiger partial charge in [-0.05, 0) is 56.6 Å². The number of nitrogens with zero attached hydrogens (tertiary/aromatic N) is 3. The number of hydrazine groups is 1. The summed E-state index contributed by atoms with van der Waals surface area (Å²) in [5.41, 5.74) is 1.31. The first kappa shape index (κ1) is 23.5. The monoisotopic (exact) mass is 473 g/mol. The second-order valence-electron chi connectivity index (χ2n) is 9.10. The van der Waals surface area contributed by atoms with E-state index in [-0.39, 0.29) is 11.3 Å². The molecule has 1 saturated carbocycles. The predicted octanol–water partition coefficient (Wildman–Crippen LogP) is 1.88. The molecule has 3 fully saturated rings. The van der Waals surface area contributed by atoms with Gasteiger partial charge in [0.15, 0.2) is 6.61 Å². The van der Waals surface area contributed by atoms with E-state index in [0.717, 1.165) is 31.7 Å². The highest BCUT2D eigenvalue weighted by Crippen LogP contribution is 2.36. The molecule has 1 aromatic rings. The van der Waals surface area contributed by atoms with E-state index in [1.54, 1.807) is 0 Å². The highest BCUT2D eigenvalue weighted by molar-refractivity contribution is 6.08. The van der Waals surface area contributed by atoms with Gasteiger partial charge in [0.05, 0.1) is 10.5 Å². The number of anilines is 1. The molecule has 0 atom stereocenters. The SMILES string of the molecule is CC1CCC2(CC1)NC(=O)N(NC(=O)COC(=O)c1ccc(N3CCCC3)c([N+](=O)[O-])c1)C2=O. The fourth-order valence-electron chi connectivity index (χ4n) is 4.71. The molecule has 0 radical (unpaired) electrons. The van der Waals surface area contributed by atoms with Crippen LogP contribution in [0.4, 0.5) is 16.2 Å². The summed E-state index contributed by atoms with van der Waals surface area (Å²) >= 11 is 0. The lowest BCUT2D eigenvalue weighted by atomic mass is 9.77. The molecule has 12 nitrogen and oxygen atoms in total.